The minimum atomic E-state index is -4.63. The standard InChI is InChI=1S/C10H9ClF3N3/c1-3-4-6(2)15-8-5-7(11)16-9(17-8)10(12,13)14/h1,5-6H,4H2,2H3,(H,15,16,17). The monoisotopic (exact) mass is 263 g/mol. The predicted octanol–water partition coefficient (Wildman–Crippen LogP) is 2.97. The van der Waals surface area contributed by atoms with E-state index in [9.17, 15) is 13.2 Å². The number of terminal acetylenes is 1. The lowest BCUT2D eigenvalue weighted by atomic mass is 10.2. The lowest BCUT2D eigenvalue weighted by molar-refractivity contribution is -0.144. The average molecular weight is 264 g/mol. The normalized spacial score (nSPS) is 12.9. The Hall–Kier alpha value is -1.48. The van der Waals surface area contributed by atoms with Crippen LogP contribution in [0.15, 0.2) is 6.07 Å². The van der Waals surface area contributed by atoms with Crippen molar-refractivity contribution in [1.82, 2.24) is 9.97 Å². The zero-order valence-electron chi connectivity index (χ0n) is 8.85. The maximum Gasteiger partial charge on any atom is 0.451 e. The van der Waals surface area contributed by atoms with Gasteiger partial charge < -0.3 is 5.32 Å². The van der Waals surface area contributed by atoms with Crippen molar-refractivity contribution in [1.29, 1.82) is 0 Å². The van der Waals surface area contributed by atoms with Crippen LogP contribution in [0.3, 0.4) is 0 Å². The number of rotatable bonds is 3. The highest BCUT2D eigenvalue weighted by Crippen LogP contribution is 2.28. The van der Waals surface area contributed by atoms with Gasteiger partial charge in [-0.15, -0.1) is 12.3 Å². The molecule has 0 aromatic carbocycles. The molecule has 1 aromatic rings. The van der Waals surface area contributed by atoms with Gasteiger partial charge in [0.05, 0.1) is 0 Å². The van der Waals surface area contributed by atoms with E-state index in [4.69, 9.17) is 18.0 Å². The Bertz CT molecular complexity index is 439. The fourth-order valence-electron chi connectivity index (χ4n) is 1.10. The number of aromatic nitrogens is 2. The number of nitrogens with zero attached hydrogens (tertiary/aromatic N) is 2. The van der Waals surface area contributed by atoms with Gasteiger partial charge in [0.2, 0.25) is 5.82 Å². The fourth-order valence-corrected chi connectivity index (χ4v) is 1.28. The van der Waals surface area contributed by atoms with Crippen molar-refractivity contribution >= 4 is 17.4 Å². The molecule has 0 amide bonds. The summed E-state index contributed by atoms with van der Waals surface area (Å²) in [4.78, 5) is 6.43. The quantitative estimate of drug-likeness (QED) is 0.673. The molecule has 7 heteroatoms. The molecule has 0 aliphatic heterocycles. The average Bonchev–Trinajstić information content (AvgIpc) is 2.15. The zero-order valence-corrected chi connectivity index (χ0v) is 9.60. The van der Waals surface area contributed by atoms with Crippen LogP contribution in [-0.4, -0.2) is 16.0 Å². The highest BCUT2D eigenvalue weighted by Gasteiger charge is 2.35. The predicted molar refractivity (Wildman–Crippen MR) is 58.6 cm³/mol. The maximum absolute atomic E-state index is 12.4. The Kier molecular flexibility index (Phi) is 4.18. The van der Waals surface area contributed by atoms with Gasteiger partial charge >= 0.3 is 6.18 Å². The number of hydrogen-bond acceptors (Lipinski definition) is 3. The Labute approximate surface area is 101 Å². The minimum Gasteiger partial charge on any atom is -0.367 e. The second kappa shape index (κ2) is 5.23. The van der Waals surface area contributed by atoms with Crippen molar-refractivity contribution in [3.05, 3.63) is 17.0 Å². The highest BCUT2D eigenvalue weighted by molar-refractivity contribution is 6.29. The van der Waals surface area contributed by atoms with Crippen molar-refractivity contribution < 1.29 is 13.2 Å². The molecule has 0 aliphatic rings. The van der Waals surface area contributed by atoms with Crippen LogP contribution in [-0.2, 0) is 6.18 Å². The summed E-state index contributed by atoms with van der Waals surface area (Å²) in [7, 11) is 0. The first-order chi connectivity index (χ1) is 7.82. The van der Waals surface area contributed by atoms with Gasteiger partial charge in [0, 0.05) is 18.5 Å². The second-order valence-electron chi connectivity index (χ2n) is 3.35. The molecule has 0 aliphatic carbocycles. The van der Waals surface area contributed by atoms with E-state index in [1.54, 1.807) is 6.92 Å². The molecule has 0 radical (unpaired) electrons. The smallest absolute Gasteiger partial charge is 0.367 e. The molecule has 1 unspecified atom stereocenters. The molecule has 1 heterocycles. The molecular weight excluding hydrogens is 255 g/mol. The number of alkyl halides is 3. The van der Waals surface area contributed by atoms with Crippen LogP contribution in [0.25, 0.3) is 0 Å². The van der Waals surface area contributed by atoms with Crippen LogP contribution in [0.5, 0.6) is 0 Å². The molecule has 1 N–H and O–H groups in total. The molecule has 0 spiro atoms. The molecule has 0 saturated heterocycles. The van der Waals surface area contributed by atoms with Crippen LogP contribution in [0.2, 0.25) is 5.15 Å². The van der Waals surface area contributed by atoms with Crippen LogP contribution >= 0.6 is 11.6 Å². The molecule has 3 nitrogen and oxygen atoms in total. The third kappa shape index (κ3) is 4.11. The zero-order chi connectivity index (χ0) is 13.1. The highest BCUT2D eigenvalue weighted by atomic mass is 35.5. The summed E-state index contributed by atoms with van der Waals surface area (Å²) < 4.78 is 37.2. The lowest BCUT2D eigenvalue weighted by Crippen LogP contribution is -2.18. The lowest BCUT2D eigenvalue weighted by Gasteiger charge is -2.13. The molecular formula is C10H9ClF3N3. The van der Waals surface area contributed by atoms with Gasteiger partial charge in [-0.1, -0.05) is 11.6 Å². The summed E-state index contributed by atoms with van der Waals surface area (Å²) in [6.45, 7) is 1.73. The summed E-state index contributed by atoms with van der Waals surface area (Å²) in [5.74, 6) is 1.11. The van der Waals surface area contributed by atoms with E-state index < -0.39 is 12.0 Å². The largest absolute Gasteiger partial charge is 0.451 e. The van der Waals surface area contributed by atoms with E-state index in [2.05, 4.69) is 21.2 Å². The molecule has 17 heavy (non-hydrogen) atoms. The molecule has 1 aromatic heterocycles. The van der Waals surface area contributed by atoms with Crippen LogP contribution in [0.1, 0.15) is 19.2 Å². The van der Waals surface area contributed by atoms with Crippen molar-refractivity contribution in [2.45, 2.75) is 25.6 Å². The minimum absolute atomic E-state index is 0.0000694. The summed E-state index contributed by atoms with van der Waals surface area (Å²) >= 11 is 5.49. The molecule has 1 atom stereocenters. The van der Waals surface area contributed by atoms with Gasteiger partial charge in [0.15, 0.2) is 0 Å². The molecule has 1 rings (SSSR count). The third-order valence-electron chi connectivity index (χ3n) is 1.77. The summed E-state index contributed by atoms with van der Waals surface area (Å²) in [6, 6.07) is 1.01. The first-order valence-electron chi connectivity index (χ1n) is 4.64. The van der Waals surface area contributed by atoms with Gasteiger partial charge in [-0.2, -0.15) is 13.2 Å². The van der Waals surface area contributed by atoms with Gasteiger partial charge in [-0.25, -0.2) is 9.97 Å². The van der Waals surface area contributed by atoms with Crippen molar-refractivity contribution in [3.8, 4) is 12.3 Å². The Balaban J connectivity index is 2.95. The van der Waals surface area contributed by atoms with E-state index in [-0.39, 0.29) is 17.0 Å². The Morgan fingerprint density at radius 2 is 2.18 bits per heavy atom. The second-order valence-corrected chi connectivity index (χ2v) is 3.74. The van der Waals surface area contributed by atoms with Crippen molar-refractivity contribution in [2.75, 3.05) is 5.32 Å². The number of hydrogen-bond donors (Lipinski definition) is 1. The van der Waals surface area contributed by atoms with Gasteiger partial charge in [-0.05, 0) is 6.92 Å². The molecule has 92 valence electrons. The van der Waals surface area contributed by atoms with E-state index in [1.807, 2.05) is 0 Å². The van der Waals surface area contributed by atoms with Crippen LogP contribution in [0, 0.1) is 12.3 Å². The van der Waals surface area contributed by atoms with Gasteiger partial charge in [0.1, 0.15) is 11.0 Å². The Morgan fingerprint density at radius 1 is 1.53 bits per heavy atom. The van der Waals surface area contributed by atoms with Crippen molar-refractivity contribution in [2.24, 2.45) is 0 Å². The first-order valence-corrected chi connectivity index (χ1v) is 5.02. The SMILES string of the molecule is C#CCC(C)Nc1cc(Cl)nc(C(F)(F)F)n1. The van der Waals surface area contributed by atoms with E-state index in [0.29, 0.717) is 6.42 Å². The number of nitrogens with one attached hydrogen (secondary N) is 1. The summed E-state index contributed by atoms with van der Waals surface area (Å²) in [5, 5.41) is 2.44. The van der Waals surface area contributed by atoms with Crippen LogP contribution in [0.4, 0.5) is 19.0 Å². The van der Waals surface area contributed by atoms with Crippen molar-refractivity contribution in [3.63, 3.8) is 0 Å². The third-order valence-corrected chi connectivity index (χ3v) is 1.96. The summed E-state index contributed by atoms with van der Waals surface area (Å²) in [6.07, 6.45) is 0.819. The number of halogens is 4. The maximum atomic E-state index is 12.4. The summed E-state index contributed by atoms with van der Waals surface area (Å²) in [5.41, 5.74) is 0. The Morgan fingerprint density at radius 3 is 2.71 bits per heavy atom. The number of anilines is 1. The van der Waals surface area contributed by atoms with Gasteiger partial charge in [-0.3, -0.25) is 0 Å². The first kappa shape index (κ1) is 13.6. The fraction of sp³-hybridized carbons (Fsp3) is 0.400. The molecule has 0 bridgehead atoms. The molecule has 0 saturated carbocycles. The van der Waals surface area contributed by atoms with E-state index >= 15 is 0 Å². The molecule has 0 fully saturated rings. The van der Waals surface area contributed by atoms with Crippen LogP contribution < -0.4 is 5.32 Å². The topological polar surface area (TPSA) is 37.8 Å². The van der Waals surface area contributed by atoms with Gasteiger partial charge in [0.25, 0.3) is 0 Å². The van der Waals surface area contributed by atoms with E-state index in [1.165, 1.54) is 6.07 Å². The van der Waals surface area contributed by atoms with E-state index in [0.717, 1.165) is 0 Å².